The first kappa shape index (κ1) is 26.2. The molecule has 36 heavy (non-hydrogen) atoms. The Hall–Kier alpha value is -2.91. The number of nitrogens with zero attached hydrogens (tertiary/aromatic N) is 2. The zero-order valence-corrected chi connectivity index (χ0v) is 19.8. The number of halogens is 6. The van der Waals surface area contributed by atoms with Gasteiger partial charge in [-0.1, -0.05) is 6.07 Å². The molecular formula is C21H18F6N4O3S2. The molecule has 0 bridgehead atoms. The van der Waals surface area contributed by atoms with Gasteiger partial charge in [0.15, 0.2) is 11.6 Å². The molecule has 1 saturated heterocycles. The van der Waals surface area contributed by atoms with Gasteiger partial charge >= 0.3 is 6.18 Å². The number of hydrogen-bond donors (Lipinski definition) is 2. The van der Waals surface area contributed by atoms with Crippen LogP contribution in [-0.4, -0.2) is 37.5 Å². The summed E-state index contributed by atoms with van der Waals surface area (Å²) >= 11 is 0.701. The smallest absolute Gasteiger partial charge is 0.419 e. The third-order valence-electron chi connectivity index (χ3n) is 5.64. The maximum absolute atomic E-state index is 14.7. The van der Waals surface area contributed by atoms with Gasteiger partial charge in [0.25, 0.3) is 10.0 Å². The van der Waals surface area contributed by atoms with Gasteiger partial charge in [-0.15, -0.1) is 0 Å². The lowest BCUT2D eigenvalue weighted by Gasteiger charge is -2.33. The molecule has 2 atom stereocenters. The Morgan fingerprint density at radius 2 is 1.89 bits per heavy atom. The number of sulfonamides is 1. The molecule has 1 aliphatic rings. The number of aromatic nitrogens is 2. The van der Waals surface area contributed by atoms with E-state index < -0.39 is 61.7 Å². The Balaban J connectivity index is 1.52. The van der Waals surface area contributed by atoms with Crippen molar-refractivity contribution in [3.63, 3.8) is 0 Å². The van der Waals surface area contributed by atoms with E-state index in [9.17, 15) is 34.8 Å². The van der Waals surface area contributed by atoms with Crippen molar-refractivity contribution >= 4 is 26.7 Å². The van der Waals surface area contributed by atoms with E-state index in [1.165, 1.54) is 6.07 Å². The van der Waals surface area contributed by atoms with Crippen LogP contribution in [0.2, 0.25) is 0 Å². The first-order valence-corrected chi connectivity index (χ1v) is 12.7. The lowest BCUT2D eigenvalue weighted by Crippen LogP contribution is -2.38. The zero-order chi connectivity index (χ0) is 26.1. The Bertz CT molecular complexity index is 1340. The van der Waals surface area contributed by atoms with Crippen molar-refractivity contribution in [3.8, 4) is 5.75 Å². The van der Waals surface area contributed by atoms with E-state index in [2.05, 4.69) is 14.7 Å². The van der Waals surface area contributed by atoms with Crippen molar-refractivity contribution in [2.45, 2.75) is 23.4 Å². The number of alkyl halides is 3. The Morgan fingerprint density at radius 3 is 2.58 bits per heavy atom. The molecule has 3 aromatic rings. The number of benzene rings is 2. The molecule has 194 valence electrons. The van der Waals surface area contributed by atoms with Gasteiger partial charge in [0.05, 0.1) is 12.2 Å². The minimum Gasteiger partial charge on any atom is -0.490 e. The number of nitrogens with one attached hydrogen (secondary N) is 2. The Kier molecular flexibility index (Phi) is 7.43. The summed E-state index contributed by atoms with van der Waals surface area (Å²) in [5.41, 5.74) is -1.14. The molecule has 0 amide bonds. The highest BCUT2D eigenvalue weighted by Gasteiger charge is 2.36. The highest BCUT2D eigenvalue weighted by Crippen LogP contribution is 2.37. The molecule has 2 heterocycles. The quantitative estimate of drug-likeness (QED) is 0.418. The van der Waals surface area contributed by atoms with E-state index in [0.717, 1.165) is 18.5 Å². The van der Waals surface area contributed by atoms with Crippen LogP contribution in [0.3, 0.4) is 0 Å². The van der Waals surface area contributed by atoms with Gasteiger partial charge in [0.1, 0.15) is 22.9 Å². The lowest BCUT2D eigenvalue weighted by molar-refractivity contribution is -0.140. The summed E-state index contributed by atoms with van der Waals surface area (Å²) in [6.07, 6.45) is -3.38. The van der Waals surface area contributed by atoms with Crippen LogP contribution in [0.15, 0.2) is 41.6 Å². The summed E-state index contributed by atoms with van der Waals surface area (Å²) in [6.45, 7) is 0.560. The minimum absolute atomic E-state index is 0.138. The Labute approximate surface area is 205 Å². The molecule has 2 aromatic carbocycles. The van der Waals surface area contributed by atoms with Crippen molar-refractivity contribution < 1.29 is 39.5 Å². The fourth-order valence-corrected chi connectivity index (χ4v) is 5.67. The molecule has 0 spiro atoms. The van der Waals surface area contributed by atoms with Crippen molar-refractivity contribution in [2.75, 3.05) is 24.4 Å². The minimum atomic E-state index is -4.87. The van der Waals surface area contributed by atoms with Crippen molar-refractivity contribution in [1.82, 2.24) is 14.7 Å². The molecule has 1 aromatic heterocycles. The molecule has 0 saturated carbocycles. The monoisotopic (exact) mass is 552 g/mol. The summed E-state index contributed by atoms with van der Waals surface area (Å²) in [6, 6.07) is 3.80. The second kappa shape index (κ2) is 10.2. The first-order valence-electron chi connectivity index (χ1n) is 10.4. The highest BCUT2D eigenvalue weighted by atomic mass is 32.2. The van der Waals surface area contributed by atoms with Crippen LogP contribution in [0, 0.1) is 23.4 Å². The SMILES string of the molecule is O=S(=O)(Nc1ncns1)c1cc(F)c(OC[C@@H]2CNCC[C@H]2c2ccc(F)c(C(F)(F)F)c2)cc1F. The number of anilines is 1. The van der Waals surface area contributed by atoms with Gasteiger partial charge in [-0.3, -0.25) is 4.72 Å². The summed E-state index contributed by atoms with van der Waals surface area (Å²) in [4.78, 5) is 2.65. The van der Waals surface area contributed by atoms with Crippen LogP contribution >= 0.6 is 11.5 Å². The van der Waals surface area contributed by atoms with E-state index in [1.807, 2.05) is 4.72 Å². The van der Waals surface area contributed by atoms with E-state index in [0.29, 0.717) is 43.2 Å². The van der Waals surface area contributed by atoms with E-state index in [1.54, 1.807) is 0 Å². The zero-order valence-electron chi connectivity index (χ0n) is 18.2. The fraction of sp³-hybridized carbons (Fsp3) is 0.333. The van der Waals surface area contributed by atoms with Crippen LogP contribution in [0.4, 0.5) is 31.5 Å². The molecule has 1 aliphatic heterocycles. The molecule has 1 fully saturated rings. The average molecular weight is 553 g/mol. The molecular weight excluding hydrogens is 534 g/mol. The summed E-state index contributed by atoms with van der Waals surface area (Å²) in [5.74, 6) is -5.33. The van der Waals surface area contributed by atoms with Crippen LogP contribution in [0.1, 0.15) is 23.5 Å². The summed E-state index contributed by atoms with van der Waals surface area (Å²) < 4.78 is 118. The molecule has 0 aliphatic carbocycles. The Morgan fingerprint density at radius 1 is 1.11 bits per heavy atom. The maximum atomic E-state index is 14.7. The second-order valence-corrected chi connectivity index (χ2v) is 10.4. The van der Waals surface area contributed by atoms with Crippen LogP contribution in [0.5, 0.6) is 5.75 Å². The molecule has 7 nitrogen and oxygen atoms in total. The fourth-order valence-electron chi connectivity index (χ4n) is 3.94. The number of hydrogen-bond acceptors (Lipinski definition) is 7. The van der Waals surface area contributed by atoms with Gasteiger partial charge in [-0.2, -0.15) is 17.5 Å². The van der Waals surface area contributed by atoms with Gasteiger partial charge in [0, 0.05) is 36.1 Å². The number of piperidine rings is 1. The van der Waals surface area contributed by atoms with Gasteiger partial charge in [-0.05, 0) is 36.6 Å². The van der Waals surface area contributed by atoms with E-state index in [-0.39, 0.29) is 17.3 Å². The standard InChI is InChI=1S/C21H18F6N4O3S2/c22-15-2-1-11(5-14(15)21(25,26)27)13-3-4-28-8-12(13)9-34-18-6-17(24)19(7-16(18)23)36(32,33)31-20-29-10-30-35-20/h1-2,5-7,10,12-13,28H,3-4,8-9H2,(H,29,30,31)/t12-,13-/m0/s1. The van der Waals surface area contributed by atoms with Crippen molar-refractivity contribution in [1.29, 1.82) is 0 Å². The molecule has 2 N–H and O–H groups in total. The van der Waals surface area contributed by atoms with Crippen LogP contribution in [-0.2, 0) is 16.2 Å². The average Bonchev–Trinajstić information content (AvgIpc) is 3.31. The topological polar surface area (TPSA) is 93.2 Å². The molecule has 4 rings (SSSR count). The van der Waals surface area contributed by atoms with Gasteiger partial charge in [0.2, 0.25) is 5.13 Å². The first-order chi connectivity index (χ1) is 17.0. The van der Waals surface area contributed by atoms with Crippen LogP contribution < -0.4 is 14.8 Å². The molecule has 0 unspecified atom stereocenters. The summed E-state index contributed by atoms with van der Waals surface area (Å²) in [5, 5.41) is 2.92. The highest BCUT2D eigenvalue weighted by molar-refractivity contribution is 7.93. The van der Waals surface area contributed by atoms with E-state index >= 15 is 0 Å². The third-order valence-corrected chi connectivity index (χ3v) is 7.71. The van der Waals surface area contributed by atoms with Gasteiger partial charge in [-0.25, -0.2) is 26.6 Å². The third kappa shape index (κ3) is 5.73. The molecule has 0 radical (unpaired) electrons. The molecule has 15 heteroatoms. The van der Waals surface area contributed by atoms with Crippen molar-refractivity contribution in [3.05, 3.63) is 65.2 Å². The normalized spacial score (nSPS) is 18.7. The number of ether oxygens (including phenoxy) is 1. The predicted octanol–water partition coefficient (Wildman–Crippen LogP) is 4.55. The van der Waals surface area contributed by atoms with Crippen molar-refractivity contribution in [2.24, 2.45) is 5.92 Å². The lowest BCUT2D eigenvalue weighted by atomic mass is 9.81. The van der Waals surface area contributed by atoms with E-state index in [4.69, 9.17) is 4.74 Å². The number of rotatable bonds is 7. The summed E-state index contributed by atoms with van der Waals surface area (Å²) in [7, 11) is -4.50. The predicted molar refractivity (Wildman–Crippen MR) is 118 cm³/mol. The largest absolute Gasteiger partial charge is 0.490 e. The van der Waals surface area contributed by atoms with Gasteiger partial charge < -0.3 is 10.1 Å². The maximum Gasteiger partial charge on any atom is 0.419 e. The van der Waals surface area contributed by atoms with Crippen LogP contribution in [0.25, 0.3) is 0 Å². The second-order valence-electron chi connectivity index (χ2n) is 7.97.